The molecule has 0 bridgehead atoms. The zero-order valence-corrected chi connectivity index (χ0v) is 20.4. The van der Waals surface area contributed by atoms with Crippen LogP contribution >= 0.6 is 0 Å². The van der Waals surface area contributed by atoms with Gasteiger partial charge in [-0.15, -0.1) is 6.42 Å². The minimum absolute atomic E-state index is 0.0681. The fourth-order valence-corrected chi connectivity index (χ4v) is 4.11. The second-order valence-corrected chi connectivity index (χ2v) is 8.74. The molecule has 36 heavy (non-hydrogen) atoms. The summed E-state index contributed by atoms with van der Waals surface area (Å²) < 4.78 is 0. The summed E-state index contributed by atoms with van der Waals surface area (Å²) in [5, 5.41) is 16.9. The van der Waals surface area contributed by atoms with Crippen molar-refractivity contribution < 1.29 is 14.5 Å². The Morgan fingerprint density at radius 1 is 0.861 bits per heavy atom. The number of nitrogens with one attached hydrogen (secondary N) is 2. The number of hydrogen-bond donors (Lipinski definition) is 2. The molecule has 1 amide bonds. The first-order valence-electron chi connectivity index (χ1n) is 12.2. The number of hydrogen-bond acceptors (Lipinski definition) is 7. The van der Waals surface area contributed by atoms with Crippen LogP contribution in [0, 0.1) is 22.5 Å². The maximum atomic E-state index is 12.6. The molecule has 2 aromatic rings. The average Bonchev–Trinajstić information content (AvgIpc) is 2.91. The van der Waals surface area contributed by atoms with Gasteiger partial charge in [-0.25, -0.2) is 0 Å². The van der Waals surface area contributed by atoms with Gasteiger partial charge in [0, 0.05) is 61.5 Å². The zero-order valence-electron chi connectivity index (χ0n) is 20.4. The molecule has 1 fully saturated rings. The van der Waals surface area contributed by atoms with Gasteiger partial charge in [0.25, 0.3) is 11.6 Å². The fraction of sp³-hybridized carbons (Fsp3) is 0.407. The molecule has 2 N–H and O–H groups in total. The van der Waals surface area contributed by atoms with E-state index in [9.17, 15) is 19.7 Å². The molecule has 3 rings (SSSR count). The minimum Gasteiger partial charge on any atom is -0.352 e. The quantitative estimate of drug-likeness (QED) is 0.145. The van der Waals surface area contributed by atoms with Crippen molar-refractivity contribution in [3.63, 3.8) is 0 Å². The van der Waals surface area contributed by atoms with Gasteiger partial charge < -0.3 is 20.4 Å². The third-order valence-electron chi connectivity index (χ3n) is 6.21. The molecular weight excluding hydrogens is 458 g/mol. The summed E-state index contributed by atoms with van der Waals surface area (Å²) in [5.74, 6) is 2.16. The number of carbonyl (C=O) groups excluding carboxylic acids is 2. The number of terminal acetylenes is 1. The zero-order chi connectivity index (χ0) is 25.8. The van der Waals surface area contributed by atoms with Gasteiger partial charge in [0.2, 0.25) is 0 Å². The van der Waals surface area contributed by atoms with E-state index in [4.69, 9.17) is 6.42 Å². The van der Waals surface area contributed by atoms with Crippen LogP contribution in [0.1, 0.15) is 39.1 Å². The highest BCUT2D eigenvalue weighted by Gasteiger charge is 2.16. The molecule has 0 spiro atoms. The number of nitro groups is 1. The van der Waals surface area contributed by atoms with Crippen molar-refractivity contribution in [1.29, 1.82) is 0 Å². The smallest absolute Gasteiger partial charge is 0.269 e. The van der Waals surface area contributed by atoms with Gasteiger partial charge in [-0.3, -0.25) is 19.7 Å². The second kappa shape index (κ2) is 14.1. The van der Waals surface area contributed by atoms with Crippen LogP contribution in [-0.4, -0.2) is 85.3 Å². The Hall–Kier alpha value is -3.58. The van der Waals surface area contributed by atoms with Crippen molar-refractivity contribution in [2.75, 3.05) is 58.9 Å². The van der Waals surface area contributed by atoms with Crippen LogP contribution in [-0.2, 0) is 0 Å². The van der Waals surface area contributed by atoms with Crippen LogP contribution in [0.3, 0.4) is 0 Å². The van der Waals surface area contributed by atoms with Gasteiger partial charge in [0.05, 0.1) is 11.5 Å². The van der Waals surface area contributed by atoms with Gasteiger partial charge in [-0.1, -0.05) is 18.1 Å². The van der Waals surface area contributed by atoms with Crippen LogP contribution in [0.4, 0.5) is 5.69 Å². The van der Waals surface area contributed by atoms with Crippen molar-refractivity contribution in [2.45, 2.75) is 12.8 Å². The Balaban J connectivity index is 1.34. The van der Waals surface area contributed by atoms with E-state index < -0.39 is 4.92 Å². The number of nitro benzene ring substituents is 1. The largest absolute Gasteiger partial charge is 0.352 e. The van der Waals surface area contributed by atoms with Gasteiger partial charge in [0.15, 0.2) is 5.78 Å². The monoisotopic (exact) mass is 491 g/mol. The first-order valence-corrected chi connectivity index (χ1v) is 12.2. The van der Waals surface area contributed by atoms with E-state index in [-0.39, 0.29) is 17.4 Å². The van der Waals surface area contributed by atoms with Crippen molar-refractivity contribution in [2.24, 2.45) is 0 Å². The summed E-state index contributed by atoms with van der Waals surface area (Å²) in [6, 6.07) is 11.9. The highest BCUT2D eigenvalue weighted by Crippen LogP contribution is 2.16. The number of piperazine rings is 1. The Labute approximate surface area is 212 Å². The number of benzene rings is 2. The van der Waals surface area contributed by atoms with E-state index >= 15 is 0 Å². The van der Waals surface area contributed by atoms with Crippen molar-refractivity contribution in [3.05, 3.63) is 75.3 Å². The Kier molecular flexibility index (Phi) is 10.6. The Bertz CT molecular complexity index is 1060. The molecule has 1 aliphatic heterocycles. The van der Waals surface area contributed by atoms with Crippen LogP contribution in [0.15, 0.2) is 48.5 Å². The summed E-state index contributed by atoms with van der Waals surface area (Å²) >= 11 is 0. The predicted molar refractivity (Wildman–Crippen MR) is 139 cm³/mol. The summed E-state index contributed by atoms with van der Waals surface area (Å²) in [7, 11) is 0. The molecule has 0 aromatic heterocycles. The van der Waals surface area contributed by atoms with Gasteiger partial charge in [-0.05, 0) is 56.7 Å². The highest BCUT2D eigenvalue weighted by molar-refractivity contribution is 6.09. The standard InChI is InChI=1S/C27H33N5O4/c1-2-13-28-14-3-16-30-18-20-31(21-19-30)17-4-15-29-27(34)24-7-5-22(6-8-24)26(33)23-9-11-25(12-10-23)32(35)36/h1,5-12,28H,3-4,13-21H2,(H,29,34). The molecule has 0 aliphatic carbocycles. The van der Waals surface area contributed by atoms with E-state index in [0.29, 0.717) is 29.8 Å². The number of nitrogens with zero attached hydrogens (tertiary/aromatic N) is 3. The van der Waals surface area contributed by atoms with E-state index in [1.54, 1.807) is 24.3 Å². The summed E-state index contributed by atoms with van der Waals surface area (Å²) in [6.07, 6.45) is 7.20. The number of carbonyl (C=O) groups is 2. The maximum Gasteiger partial charge on any atom is 0.269 e. The van der Waals surface area contributed by atoms with E-state index in [2.05, 4.69) is 26.4 Å². The summed E-state index contributed by atoms with van der Waals surface area (Å²) in [6.45, 7) is 8.39. The van der Waals surface area contributed by atoms with Crippen LogP contribution in [0.5, 0.6) is 0 Å². The van der Waals surface area contributed by atoms with Gasteiger partial charge >= 0.3 is 0 Å². The van der Waals surface area contributed by atoms with Crippen LogP contribution in [0.25, 0.3) is 0 Å². The summed E-state index contributed by atoms with van der Waals surface area (Å²) in [5.41, 5.74) is 1.20. The first kappa shape index (κ1) is 27.0. The molecule has 2 aromatic carbocycles. The SMILES string of the molecule is C#CCNCCCN1CCN(CCCNC(=O)c2ccc(C(=O)c3ccc([N+](=O)[O-])cc3)cc2)CC1. The number of ketones is 1. The van der Waals surface area contributed by atoms with Crippen molar-refractivity contribution in [1.82, 2.24) is 20.4 Å². The third-order valence-corrected chi connectivity index (χ3v) is 6.21. The molecular formula is C27H33N5O4. The molecule has 190 valence electrons. The highest BCUT2D eigenvalue weighted by atomic mass is 16.6. The van der Waals surface area contributed by atoms with E-state index in [0.717, 1.165) is 58.7 Å². The molecule has 0 unspecified atom stereocenters. The average molecular weight is 492 g/mol. The maximum absolute atomic E-state index is 12.6. The topological polar surface area (TPSA) is 108 Å². The number of non-ortho nitro benzene ring substituents is 1. The lowest BCUT2D eigenvalue weighted by atomic mass is 10.0. The predicted octanol–water partition coefficient (Wildman–Crippen LogP) is 2.18. The molecule has 0 atom stereocenters. The molecule has 1 saturated heterocycles. The normalized spacial score (nSPS) is 14.2. The number of rotatable bonds is 13. The second-order valence-electron chi connectivity index (χ2n) is 8.74. The van der Waals surface area contributed by atoms with E-state index in [1.165, 1.54) is 24.3 Å². The molecule has 1 heterocycles. The van der Waals surface area contributed by atoms with Crippen molar-refractivity contribution >= 4 is 17.4 Å². The minimum atomic E-state index is -0.508. The van der Waals surface area contributed by atoms with E-state index in [1.807, 2.05) is 0 Å². The van der Waals surface area contributed by atoms with Crippen LogP contribution < -0.4 is 10.6 Å². The fourth-order valence-electron chi connectivity index (χ4n) is 4.11. The van der Waals surface area contributed by atoms with Crippen molar-refractivity contribution in [3.8, 4) is 12.3 Å². The lowest BCUT2D eigenvalue weighted by Gasteiger charge is -2.34. The number of amides is 1. The Morgan fingerprint density at radius 2 is 1.36 bits per heavy atom. The molecule has 9 heteroatoms. The third kappa shape index (κ3) is 8.27. The lowest BCUT2D eigenvalue weighted by molar-refractivity contribution is -0.384. The first-order chi connectivity index (χ1) is 17.5. The van der Waals surface area contributed by atoms with Gasteiger partial charge in [0.1, 0.15) is 0 Å². The molecule has 1 aliphatic rings. The summed E-state index contributed by atoms with van der Waals surface area (Å²) in [4.78, 5) is 40.2. The van der Waals surface area contributed by atoms with Gasteiger partial charge in [-0.2, -0.15) is 0 Å². The Morgan fingerprint density at radius 3 is 1.89 bits per heavy atom. The lowest BCUT2D eigenvalue weighted by Crippen LogP contribution is -2.47. The van der Waals surface area contributed by atoms with Crippen LogP contribution in [0.2, 0.25) is 0 Å². The molecule has 0 radical (unpaired) electrons. The molecule has 0 saturated carbocycles. The molecule has 9 nitrogen and oxygen atoms in total.